The van der Waals surface area contributed by atoms with E-state index in [-0.39, 0.29) is 12.5 Å². The zero-order chi connectivity index (χ0) is 11.8. The Morgan fingerprint density at radius 2 is 1.88 bits per heavy atom. The van der Waals surface area contributed by atoms with E-state index in [2.05, 4.69) is 11.8 Å². The summed E-state index contributed by atoms with van der Waals surface area (Å²) in [5.74, 6) is 0.254. The number of amides is 1. The van der Waals surface area contributed by atoms with Gasteiger partial charge in [-0.3, -0.25) is 9.69 Å². The third-order valence-electron chi connectivity index (χ3n) is 3.06. The molecule has 0 radical (unpaired) electrons. The van der Waals surface area contributed by atoms with Crippen molar-refractivity contribution < 1.29 is 9.90 Å². The summed E-state index contributed by atoms with van der Waals surface area (Å²) in [7, 11) is 0. The Kier molecular flexibility index (Phi) is 6.42. The number of aliphatic hydroxyl groups is 1. The molecule has 0 atom stereocenters. The maximum Gasteiger partial charge on any atom is 0.222 e. The summed E-state index contributed by atoms with van der Waals surface area (Å²) in [5.41, 5.74) is 0. The zero-order valence-electron chi connectivity index (χ0n) is 10.3. The Balaban J connectivity index is 2.17. The van der Waals surface area contributed by atoms with Gasteiger partial charge in [-0.1, -0.05) is 6.92 Å². The topological polar surface area (TPSA) is 43.8 Å². The Hall–Kier alpha value is -0.610. The van der Waals surface area contributed by atoms with Crippen LogP contribution in [0.2, 0.25) is 0 Å². The maximum absolute atomic E-state index is 11.8. The molecule has 1 heterocycles. The van der Waals surface area contributed by atoms with Crippen molar-refractivity contribution in [1.29, 1.82) is 0 Å². The van der Waals surface area contributed by atoms with Crippen LogP contribution in [0.1, 0.15) is 32.6 Å². The molecule has 0 aliphatic carbocycles. The maximum atomic E-state index is 11.8. The molecule has 94 valence electrons. The van der Waals surface area contributed by atoms with Gasteiger partial charge in [0.05, 0.1) is 0 Å². The SMILES string of the molecule is CCCN1CCN(C(=O)CCCCO)CC1. The van der Waals surface area contributed by atoms with Crippen LogP contribution in [0.3, 0.4) is 0 Å². The first-order valence-corrected chi connectivity index (χ1v) is 6.39. The molecule has 0 aromatic rings. The molecule has 0 spiro atoms. The van der Waals surface area contributed by atoms with E-state index in [9.17, 15) is 4.79 Å². The van der Waals surface area contributed by atoms with Gasteiger partial charge in [-0.25, -0.2) is 0 Å². The summed E-state index contributed by atoms with van der Waals surface area (Å²) in [5, 5.41) is 8.65. The second kappa shape index (κ2) is 7.63. The predicted octanol–water partition coefficient (Wildman–Crippen LogP) is 0.703. The third-order valence-corrected chi connectivity index (χ3v) is 3.06. The smallest absolute Gasteiger partial charge is 0.222 e. The second-order valence-electron chi connectivity index (χ2n) is 4.40. The van der Waals surface area contributed by atoms with Crippen LogP contribution in [0.4, 0.5) is 0 Å². The van der Waals surface area contributed by atoms with Crippen LogP contribution < -0.4 is 0 Å². The van der Waals surface area contributed by atoms with Gasteiger partial charge >= 0.3 is 0 Å². The van der Waals surface area contributed by atoms with Crippen LogP contribution in [0, 0.1) is 0 Å². The molecule has 4 heteroatoms. The standard InChI is InChI=1S/C12H24N2O2/c1-2-6-13-7-9-14(10-8-13)12(16)5-3-4-11-15/h15H,2-11H2,1H3. The summed E-state index contributed by atoms with van der Waals surface area (Å²) >= 11 is 0. The van der Waals surface area contributed by atoms with E-state index in [1.165, 1.54) is 6.42 Å². The van der Waals surface area contributed by atoms with E-state index < -0.39 is 0 Å². The van der Waals surface area contributed by atoms with Crippen molar-refractivity contribution in [2.24, 2.45) is 0 Å². The van der Waals surface area contributed by atoms with E-state index in [1.54, 1.807) is 0 Å². The molecule has 0 unspecified atom stereocenters. The van der Waals surface area contributed by atoms with Crippen molar-refractivity contribution >= 4 is 5.91 Å². The Morgan fingerprint density at radius 1 is 1.19 bits per heavy atom. The van der Waals surface area contributed by atoms with E-state index in [1.807, 2.05) is 4.90 Å². The Bertz CT molecular complexity index is 201. The van der Waals surface area contributed by atoms with Crippen LogP contribution in [0.15, 0.2) is 0 Å². The van der Waals surface area contributed by atoms with Crippen LogP contribution >= 0.6 is 0 Å². The Morgan fingerprint density at radius 3 is 2.44 bits per heavy atom. The predicted molar refractivity (Wildman–Crippen MR) is 64.2 cm³/mol. The van der Waals surface area contributed by atoms with Gasteiger partial charge < -0.3 is 10.0 Å². The van der Waals surface area contributed by atoms with Crippen LogP contribution in [-0.4, -0.2) is 60.1 Å². The molecule has 1 rings (SSSR count). The van der Waals surface area contributed by atoms with Crippen molar-refractivity contribution in [3.05, 3.63) is 0 Å². The van der Waals surface area contributed by atoms with Gasteiger partial charge in [0.25, 0.3) is 0 Å². The number of rotatable bonds is 6. The van der Waals surface area contributed by atoms with Crippen molar-refractivity contribution in [3.8, 4) is 0 Å². The fraction of sp³-hybridized carbons (Fsp3) is 0.917. The number of aliphatic hydroxyl groups excluding tert-OH is 1. The highest BCUT2D eigenvalue weighted by Crippen LogP contribution is 2.06. The number of carbonyl (C=O) groups is 1. The highest BCUT2D eigenvalue weighted by atomic mass is 16.3. The average Bonchev–Trinajstić information content (AvgIpc) is 2.30. The number of hydrogen-bond acceptors (Lipinski definition) is 3. The number of unbranched alkanes of at least 4 members (excludes halogenated alkanes) is 1. The normalized spacial score (nSPS) is 17.8. The third kappa shape index (κ3) is 4.49. The monoisotopic (exact) mass is 228 g/mol. The molecule has 0 aromatic carbocycles. The lowest BCUT2D eigenvalue weighted by atomic mass is 10.2. The first-order valence-electron chi connectivity index (χ1n) is 6.39. The lowest BCUT2D eigenvalue weighted by molar-refractivity contribution is -0.133. The van der Waals surface area contributed by atoms with Gasteiger partial charge in [0, 0.05) is 39.2 Å². The van der Waals surface area contributed by atoms with Gasteiger partial charge in [-0.05, 0) is 25.8 Å². The van der Waals surface area contributed by atoms with Gasteiger partial charge in [-0.2, -0.15) is 0 Å². The summed E-state index contributed by atoms with van der Waals surface area (Å²) in [6.07, 6.45) is 3.32. The van der Waals surface area contributed by atoms with E-state index in [0.29, 0.717) is 6.42 Å². The average molecular weight is 228 g/mol. The molecular weight excluding hydrogens is 204 g/mol. The number of carbonyl (C=O) groups excluding carboxylic acids is 1. The summed E-state index contributed by atoms with van der Waals surface area (Å²) in [6.45, 7) is 7.30. The van der Waals surface area contributed by atoms with Crippen LogP contribution in [0.25, 0.3) is 0 Å². The molecule has 4 nitrogen and oxygen atoms in total. The molecule has 1 fully saturated rings. The highest BCUT2D eigenvalue weighted by Gasteiger charge is 2.19. The molecular formula is C12H24N2O2. The van der Waals surface area contributed by atoms with Gasteiger partial charge in [-0.15, -0.1) is 0 Å². The molecule has 1 aliphatic heterocycles. The van der Waals surface area contributed by atoms with Crippen molar-refractivity contribution in [3.63, 3.8) is 0 Å². The first-order chi connectivity index (χ1) is 7.77. The van der Waals surface area contributed by atoms with Crippen LogP contribution in [0.5, 0.6) is 0 Å². The largest absolute Gasteiger partial charge is 0.396 e. The molecule has 1 saturated heterocycles. The fourth-order valence-corrected chi connectivity index (χ4v) is 2.08. The first kappa shape index (κ1) is 13.5. The fourth-order valence-electron chi connectivity index (χ4n) is 2.08. The van der Waals surface area contributed by atoms with Gasteiger partial charge in [0.1, 0.15) is 0 Å². The summed E-state index contributed by atoms with van der Waals surface area (Å²) in [4.78, 5) is 16.1. The van der Waals surface area contributed by atoms with Crippen molar-refractivity contribution in [1.82, 2.24) is 9.80 Å². The molecule has 1 amide bonds. The Labute approximate surface area is 98.2 Å². The summed E-state index contributed by atoms with van der Waals surface area (Å²) < 4.78 is 0. The van der Waals surface area contributed by atoms with Gasteiger partial charge in [0.2, 0.25) is 5.91 Å². The number of hydrogen-bond donors (Lipinski definition) is 1. The quantitative estimate of drug-likeness (QED) is 0.681. The number of piperazine rings is 1. The zero-order valence-corrected chi connectivity index (χ0v) is 10.3. The minimum absolute atomic E-state index is 0.192. The van der Waals surface area contributed by atoms with Crippen LogP contribution in [-0.2, 0) is 4.79 Å². The minimum atomic E-state index is 0.192. The number of nitrogens with zero attached hydrogens (tertiary/aromatic N) is 2. The second-order valence-corrected chi connectivity index (χ2v) is 4.40. The summed E-state index contributed by atoms with van der Waals surface area (Å²) in [6, 6.07) is 0. The van der Waals surface area contributed by atoms with E-state index in [4.69, 9.17) is 5.11 Å². The molecule has 1 aliphatic rings. The minimum Gasteiger partial charge on any atom is -0.396 e. The molecule has 0 aromatic heterocycles. The van der Waals surface area contributed by atoms with E-state index in [0.717, 1.165) is 45.6 Å². The van der Waals surface area contributed by atoms with Crippen molar-refractivity contribution in [2.45, 2.75) is 32.6 Å². The molecule has 1 N–H and O–H groups in total. The molecule has 0 bridgehead atoms. The lowest BCUT2D eigenvalue weighted by Crippen LogP contribution is -2.48. The van der Waals surface area contributed by atoms with Crippen molar-refractivity contribution in [2.75, 3.05) is 39.3 Å². The van der Waals surface area contributed by atoms with E-state index >= 15 is 0 Å². The molecule has 16 heavy (non-hydrogen) atoms. The molecule has 0 saturated carbocycles. The van der Waals surface area contributed by atoms with Gasteiger partial charge in [0.15, 0.2) is 0 Å². The highest BCUT2D eigenvalue weighted by molar-refractivity contribution is 5.76. The lowest BCUT2D eigenvalue weighted by Gasteiger charge is -2.34.